The fourth-order valence-electron chi connectivity index (χ4n) is 2.87. The average Bonchev–Trinajstić information content (AvgIpc) is 2.84. The second-order valence-corrected chi connectivity index (χ2v) is 5.61. The van der Waals surface area contributed by atoms with Gasteiger partial charge in [0.15, 0.2) is 0 Å². The number of pyridine rings is 1. The molecule has 0 bridgehead atoms. The lowest BCUT2D eigenvalue weighted by Crippen LogP contribution is -2.24. The molecule has 1 aromatic heterocycles. The van der Waals surface area contributed by atoms with Gasteiger partial charge >= 0.3 is 0 Å². The van der Waals surface area contributed by atoms with Crippen LogP contribution >= 0.6 is 0 Å². The molecule has 1 aromatic carbocycles. The predicted molar refractivity (Wildman–Crippen MR) is 84.0 cm³/mol. The molecular formula is C17H19N3O. The van der Waals surface area contributed by atoms with Gasteiger partial charge in [0.05, 0.1) is 0 Å². The summed E-state index contributed by atoms with van der Waals surface area (Å²) < 4.78 is 0. The first-order valence-corrected chi connectivity index (χ1v) is 7.21. The molecule has 1 amide bonds. The van der Waals surface area contributed by atoms with Gasteiger partial charge in [-0.05, 0) is 43.0 Å². The van der Waals surface area contributed by atoms with Crippen molar-refractivity contribution in [3.8, 4) is 0 Å². The number of nitrogens with zero attached hydrogens (tertiary/aromatic N) is 2. The van der Waals surface area contributed by atoms with Crippen molar-refractivity contribution < 1.29 is 4.79 Å². The molecular weight excluding hydrogens is 262 g/mol. The Bertz CT molecular complexity index is 654. The number of aryl methyl sites for hydroxylation is 1. The molecule has 0 spiro atoms. The first-order chi connectivity index (χ1) is 10.1. The molecule has 1 unspecified atom stereocenters. The van der Waals surface area contributed by atoms with E-state index in [1.165, 1.54) is 0 Å². The average molecular weight is 281 g/mol. The summed E-state index contributed by atoms with van der Waals surface area (Å²) in [5, 5.41) is 0. The Morgan fingerprint density at radius 1 is 1.24 bits per heavy atom. The van der Waals surface area contributed by atoms with Crippen LogP contribution in [0, 0.1) is 12.8 Å². The maximum atomic E-state index is 12.2. The van der Waals surface area contributed by atoms with E-state index in [0.717, 1.165) is 29.9 Å². The molecule has 2 heterocycles. The van der Waals surface area contributed by atoms with Crippen molar-refractivity contribution in [2.24, 2.45) is 5.92 Å². The minimum atomic E-state index is 0.185. The van der Waals surface area contributed by atoms with E-state index in [1.54, 1.807) is 0 Å². The molecule has 21 heavy (non-hydrogen) atoms. The Morgan fingerprint density at radius 2 is 2.00 bits per heavy atom. The van der Waals surface area contributed by atoms with Gasteiger partial charge < -0.3 is 10.6 Å². The number of benzene rings is 1. The summed E-state index contributed by atoms with van der Waals surface area (Å²) in [4.78, 5) is 18.3. The third-order valence-corrected chi connectivity index (χ3v) is 3.93. The van der Waals surface area contributed by atoms with E-state index >= 15 is 0 Å². The number of anilines is 2. The number of aromatic nitrogens is 1. The third kappa shape index (κ3) is 2.89. The van der Waals surface area contributed by atoms with Crippen LogP contribution in [0.3, 0.4) is 0 Å². The lowest BCUT2D eigenvalue weighted by atomic mass is 9.99. The normalized spacial score (nSPS) is 18.2. The molecule has 1 saturated heterocycles. The molecule has 2 N–H and O–H groups in total. The number of hydrogen-bond acceptors (Lipinski definition) is 3. The van der Waals surface area contributed by atoms with E-state index in [2.05, 4.69) is 4.98 Å². The van der Waals surface area contributed by atoms with Crippen LogP contribution in [0.25, 0.3) is 0 Å². The van der Waals surface area contributed by atoms with Crippen LogP contribution in [-0.4, -0.2) is 17.4 Å². The second-order valence-electron chi connectivity index (χ2n) is 5.61. The molecule has 1 fully saturated rings. The molecule has 108 valence electrons. The number of para-hydroxylation sites is 1. The van der Waals surface area contributed by atoms with E-state index < -0.39 is 0 Å². The minimum Gasteiger partial charge on any atom is -0.383 e. The highest BCUT2D eigenvalue weighted by Crippen LogP contribution is 2.28. The van der Waals surface area contributed by atoms with Crippen LogP contribution in [0.15, 0.2) is 42.5 Å². The van der Waals surface area contributed by atoms with E-state index in [4.69, 9.17) is 5.73 Å². The number of carbonyl (C=O) groups is 1. The van der Waals surface area contributed by atoms with Gasteiger partial charge in [-0.3, -0.25) is 4.79 Å². The standard InChI is InChI=1S/C17H19N3O/c1-12-7-8-14(17(18)19-12)9-13-10-16(21)20(11-13)15-5-3-2-4-6-15/h2-8,13H,9-11H2,1H3,(H2,18,19). The summed E-state index contributed by atoms with van der Waals surface area (Å²) in [7, 11) is 0. The molecule has 4 nitrogen and oxygen atoms in total. The highest BCUT2D eigenvalue weighted by atomic mass is 16.2. The monoisotopic (exact) mass is 281 g/mol. The van der Waals surface area contributed by atoms with Crippen molar-refractivity contribution in [1.82, 2.24) is 4.98 Å². The van der Waals surface area contributed by atoms with Gasteiger partial charge in [0.1, 0.15) is 5.82 Å². The van der Waals surface area contributed by atoms with E-state index in [0.29, 0.717) is 18.2 Å². The molecule has 4 heteroatoms. The zero-order chi connectivity index (χ0) is 14.8. The lowest BCUT2D eigenvalue weighted by molar-refractivity contribution is -0.117. The SMILES string of the molecule is Cc1ccc(CC2CC(=O)N(c3ccccc3)C2)c(N)n1. The van der Waals surface area contributed by atoms with E-state index in [1.807, 2.05) is 54.3 Å². The van der Waals surface area contributed by atoms with Gasteiger partial charge in [-0.15, -0.1) is 0 Å². The van der Waals surface area contributed by atoms with Crippen molar-refractivity contribution in [1.29, 1.82) is 0 Å². The highest BCUT2D eigenvalue weighted by Gasteiger charge is 2.30. The molecule has 1 aliphatic rings. The topological polar surface area (TPSA) is 59.2 Å². The van der Waals surface area contributed by atoms with Crippen LogP contribution in [0.5, 0.6) is 0 Å². The van der Waals surface area contributed by atoms with Crippen molar-refractivity contribution in [3.63, 3.8) is 0 Å². The van der Waals surface area contributed by atoms with Gasteiger partial charge in [0.25, 0.3) is 0 Å². The van der Waals surface area contributed by atoms with Crippen LogP contribution in [0.2, 0.25) is 0 Å². The largest absolute Gasteiger partial charge is 0.383 e. The fraction of sp³-hybridized carbons (Fsp3) is 0.294. The Kier molecular flexibility index (Phi) is 3.60. The van der Waals surface area contributed by atoms with Crippen molar-refractivity contribution in [2.75, 3.05) is 17.2 Å². The Hall–Kier alpha value is -2.36. The molecule has 0 aliphatic carbocycles. The Labute approximate surface area is 124 Å². The van der Waals surface area contributed by atoms with Gasteiger partial charge in [-0.1, -0.05) is 24.3 Å². The number of hydrogen-bond donors (Lipinski definition) is 1. The summed E-state index contributed by atoms with van der Waals surface area (Å²) in [6.07, 6.45) is 1.37. The number of rotatable bonds is 3. The quantitative estimate of drug-likeness (QED) is 0.940. The van der Waals surface area contributed by atoms with Gasteiger partial charge in [-0.2, -0.15) is 0 Å². The highest BCUT2D eigenvalue weighted by molar-refractivity contribution is 5.95. The zero-order valence-electron chi connectivity index (χ0n) is 12.1. The number of nitrogens with two attached hydrogens (primary N) is 1. The summed E-state index contributed by atoms with van der Waals surface area (Å²) >= 11 is 0. The Balaban J connectivity index is 1.73. The molecule has 2 aromatic rings. The maximum absolute atomic E-state index is 12.2. The Morgan fingerprint density at radius 3 is 2.71 bits per heavy atom. The first-order valence-electron chi connectivity index (χ1n) is 7.21. The van der Waals surface area contributed by atoms with Crippen molar-refractivity contribution >= 4 is 17.4 Å². The van der Waals surface area contributed by atoms with Gasteiger partial charge in [-0.25, -0.2) is 4.98 Å². The molecule has 3 rings (SSSR count). The molecule has 1 atom stereocenters. The van der Waals surface area contributed by atoms with Crippen molar-refractivity contribution in [2.45, 2.75) is 19.8 Å². The van der Waals surface area contributed by atoms with E-state index in [-0.39, 0.29) is 5.91 Å². The second kappa shape index (κ2) is 5.56. The van der Waals surface area contributed by atoms with Crippen LogP contribution in [0.4, 0.5) is 11.5 Å². The van der Waals surface area contributed by atoms with Crippen LogP contribution in [-0.2, 0) is 11.2 Å². The van der Waals surface area contributed by atoms with E-state index in [9.17, 15) is 4.79 Å². The maximum Gasteiger partial charge on any atom is 0.227 e. The van der Waals surface area contributed by atoms with Gasteiger partial charge in [0, 0.05) is 24.3 Å². The van der Waals surface area contributed by atoms with Gasteiger partial charge in [0.2, 0.25) is 5.91 Å². The lowest BCUT2D eigenvalue weighted by Gasteiger charge is -2.17. The number of nitrogen functional groups attached to an aromatic ring is 1. The predicted octanol–water partition coefficient (Wildman–Crippen LogP) is 2.57. The number of carbonyl (C=O) groups excluding carboxylic acids is 1. The summed E-state index contributed by atoms with van der Waals surface area (Å²) in [6.45, 7) is 2.67. The van der Waals surface area contributed by atoms with Crippen molar-refractivity contribution in [3.05, 3.63) is 53.7 Å². The third-order valence-electron chi connectivity index (χ3n) is 3.93. The molecule has 0 radical (unpaired) electrons. The minimum absolute atomic E-state index is 0.185. The number of amides is 1. The molecule has 0 saturated carbocycles. The zero-order valence-corrected chi connectivity index (χ0v) is 12.1. The van der Waals surface area contributed by atoms with Crippen LogP contribution < -0.4 is 10.6 Å². The summed E-state index contributed by atoms with van der Waals surface area (Å²) in [5.41, 5.74) is 8.90. The first kappa shape index (κ1) is 13.6. The molecule has 1 aliphatic heterocycles. The smallest absolute Gasteiger partial charge is 0.227 e. The van der Waals surface area contributed by atoms with Crippen LogP contribution in [0.1, 0.15) is 17.7 Å². The summed E-state index contributed by atoms with van der Waals surface area (Å²) in [5.74, 6) is 1.06. The summed E-state index contributed by atoms with van der Waals surface area (Å²) in [6, 6.07) is 13.8. The fourth-order valence-corrected chi connectivity index (χ4v) is 2.87.